The molecule has 4 aromatic carbocycles. The quantitative estimate of drug-likeness (QED) is 0.226. The Bertz CT molecular complexity index is 1070. The van der Waals surface area contributed by atoms with Crippen LogP contribution in [0.1, 0.15) is 21.2 Å². The number of rotatable bonds is 0. The highest BCUT2D eigenvalue weighted by Crippen LogP contribution is 2.48. The Morgan fingerprint density at radius 3 is 2.17 bits per heavy atom. The van der Waals surface area contributed by atoms with Gasteiger partial charge in [-0.25, -0.2) is 0 Å². The van der Waals surface area contributed by atoms with Crippen LogP contribution in [0.2, 0.25) is 0 Å². The van der Waals surface area contributed by atoms with Crippen LogP contribution in [0.3, 0.4) is 0 Å². The monoisotopic (exact) mass is 430 g/mol. The molecular weight excluding hydrogens is 415 g/mol. The largest absolute Gasteiger partial charge is 0.389 e. The average molecular weight is 430 g/mol. The van der Waals surface area contributed by atoms with Gasteiger partial charge in [0.2, 0.25) is 0 Å². The predicted octanol–water partition coefficient (Wildman–Crippen LogP) is 3.83. The van der Waals surface area contributed by atoms with Crippen LogP contribution >= 0.6 is 22.6 Å². The van der Waals surface area contributed by atoms with E-state index >= 15 is 0 Å². The fourth-order valence-electron chi connectivity index (χ4n) is 4.12. The van der Waals surface area contributed by atoms with Crippen molar-refractivity contribution in [3.8, 4) is 0 Å². The maximum Gasteiger partial charge on any atom is 0.111 e. The van der Waals surface area contributed by atoms with Crippen molar-refractivity contribution >= 4 is 54.9 Å². The molecule has 0 unspecified atom stereocenters. The summed E-state index contributed by atoms with van der Waals surface area (Å²) in [7, 11) is 0. The lowest BCUT2D eigenvalue weighted by atomic mass is 9.80. The average Bonchev–Trinajstić information content (AvgIpc) is 2.62. The van der Waals surface area contributed by atoms with Crippen LogP contribution < -0.4 is 0 Å². The van der Waals surface area contributed by atoms with Gasteiger partial charge in [-0.05, 0) is 49.5 Å². The van der Waals surface area contributed by atoms with E-state index in [1.54, 1.807) is 0 Å². The summed E-state index contributed by atoms with van der Waals surface area (Å²) in [5, 5.41) is 37.9. The first-order valence-electron chi connectivity index (χ1n) is 7.96. The van der Waals surface area contributed by atoms with Crippen LogP contribution in [0.25, 0.3) is 32.3 Å². The highest BCUT2D eigenvalue weighted by Gasteiger charge is 2.40. The molecular formula is C20H15IO3. The van der Waals surface area contributed by atoms with Crippen molar-refractivity contribution in [2.45, 2.75) is 22.2 Å². The minimum atomic E-state index is -1.16. The van der Waals surface area contributed by atoms with Gasteiger partial charge >= 0.3 is 0 Å². The molecule has 1 aliphatic carbocycles. The summed E-state index contributed by atoms with van der Waals surface area (Å²) in [4.78, 5) is 0. The second kappa shape index (κ2) is 5.02. The third kappa shape index (κ3) is 1.77. The minimum Gasteiger partial charge on any atom is -0.389 e. The van der Waals surface area contributed by atoms with E-state index in [0.29, 0.717) is 0 Å². The highest BCUT2D eigenvalue weighted by molar-refractivity contribution is 14.1. The van der Waals surface area contributed by atoms with E-state index in [1.807, 2.05) is 6.07 Å². The lowest BCUT2D eigenvalue weighted by molar-refractivity contribution is -0.0675. The molecule has 4 aromatic rings. The maximum atomic E-state index is 10.5. The molecule has 1 aliphatic rings. The lowest BCUT2D eigenvalue weighted by Crippen LogP contribution is -2.39. The fraction of sp³-hybridized carbons (Fsp3) is 0.200. The van der Waals surface area contributed by atoms with Crippen LogP contribution in [0.5, 0.6) is 0 Å². The van der Waals surface area contributed by atoms with Gasteiger partial charge in [-0.15, -0.1) is 0 Å². The zero-order valence-electron chi connectivity index (χ0n) is 12.6. The lowest BCUT2D eigenvalue weighted by Gasteiger charge is -2.36. The Hall–Kier alpha value is -1.47. The summed E-state index contributed by atoms with van der Waals surface area (Å²) in [5.41, 5.74) is 1.66. The van der Waals surface area contributed by atoms with Crippen molar-refractivity contribution in [3.05, 3.63) is 59.7 Å². The first-order chi connectivity index (χ1) is 11.6. The smallest absolute Gasteiger partial charge is 0.111 e. The van der Waals surface area contributed by atoms with Crippen molar-refractivity contribution in [1.29, 1.82) is 0 Å². The standard InChI is InChI=1S/C20H15IO3/c21-17-16-12-7-6-10-3-1-2-9-4-5-11(15(12)14(9)10)8-13(16)18(22)20(24)19(17)23/h1-8,17-20,22-24H/t17-,18+,19+,20-/m1/s1. The molecule has 0 heterocycles. The molecule has 0 bridgehead atoms. The van der Waals surface area contributed by atoms with E-state index < -0.39 is 18.3 Å². The van der Waals surface area contributed by atoms with Crippen molar-refractivity contribution < 1.29 is 15.3 Å². The summed E-state index contributed by atoms with van der Waals surface area (Å²) in [5.74, 6) is 0. The fourth-order valence-corrected chi connectivity index (χ4v) is 5.24. The number of hydrogen-bond acceptors (Lipinski definition) is 3. The topological polar surface area (TPSA) is 60.7 Å². The highest BCUT2D eigenvalue weighted by atomic mass is 127. The summed E-state index contributed by atoms with van der Waals surface area (Å²) in [6, 6.07) is 16.6. The van der Waals surface area contributed by atoms with Crippen LogP contribution in [0.15, 0.2) is 48.5 Å². The van der Waals surface area contributed by atoms with Gasteiger partial charge < -0.3 is 15.3 Å². The Balaban J connectivity index is 2.01. The summed E-state index contributed by atoms with van der Waals surface area (Å²) in [6.45, 7) is 0. The van der Waals surface area contributed by atoms with E-state index in [0.717, 1.165) is 21.9 Å². The maximum absolute atomic E-state index is 10.5. The zero-order valence-corrected chi connectivity index (χ0v) is 14.8. The molecule has 4 atom stereocenters. The molecule has 3 nitrogen and oxygen atoms in total. The molecule has 5 rings (SSSR count). The molecule has 3 N–H and O–H groups in total. The number of alkyl halides is 1. The number of benzene rings is 4. The Labute approximate surface area is 152 Å². The van der Waals surface area contributed by atoms with Crippen LogP contribution in [0.4, 0.5) is 0 Å². The zero-order chi connectivity index (χ0) is 16.6. The van der Waals surface area contributed by atoms with Gasteiger partial charge in [0.25, 0.3) is 0 Å². The number of fused-ring (bicyclic) bond motifs is 2. The van der Waals surface area contributed by atoms with E-state index in [-0.39, 0.29) is 3.92 Å². The van der Waals surface area contributed by atoms with Gasteiger partial charge in [0, 0.05) is 0 Å². The third-order valence-corrected chi connectivity index (χ3v) is 6.65. The SMILES string of the molecule is O[C@@H]1[C@H](O)[C@@H](O)c2cc3ccc4cccc5ccc(c2[C@H]1I)c3c45. The van der Waals surface area contributed by atoms with Gasteiger partial charge in [0.15, 0.2) is 0 Å². The van der Waals surface area contributed by atoms with Gasteiger partial charge in [0.1, 0.15) is 12.2 Å². The molecule has 120 valence electrons. The minimum absolute atomic E-state index is 0.263. The summed E-state index contributed by atoms with van der Waals surface area (Å²) in [6.07, 6.45) is -3.21. The van der Waals surface area contributed by atoms with Crippen molar-refractivity contribution in [2.24, 2.45) is 0 Å². The third-order valence-electron chi connectivity index (χ3n) is 5.29. The molecule has 0 radical (unpaired) electrons. The molecule has 0 aromatic heterocycles. The molecule has 0 spiro atoms. The van der Waals surface area contributed by atoms with Crippen molar-refractivity contribution in [1.82, 2.24) is 0 Å². The first-order valence-corrected chi connectivity index (χ1v) is 9.21. The van der Waals surface area contributed by atoms with E-state index in [9.17, 15) is 15.3 Å². The van der Waals surface area contributed by atoms with Gasteiger partial charge in [-0.1, -0.05) is 65.1 Å². The molecule has 0 saturated heterocycles. The summed E-state index contributed by atoms with van der Waals surface area (Å²) >= 11 is 2.17. The second-order valence-electron chi connectivity index (χ2n) is 6.56. The normalized spacial score (nSPS) is 27.2. The molecule has 0 amide bonds. The van der Waals surface area contributed by atoms with Crippen LogP contribution in [-0.4, -0.2) is 27.5 Å². The molecule has 0 fully saturated rings. The molecule has 4 heteroatoms. The van der Waals surface area contributed by atoms with E-state index in [2.05, 4.69) is 65.1 Å². The van der Waals surface area contributed by atoms with E-state index in [1.165, 1.54) is 21.5 Å². The first kappa shape index (κ1) is 14.8. The Morgan fingerprint density at radius 1 is 0.750 bits per heavy atom. The number of aliphatic hydroxyl groups excluding tert-OH is 3. The van der Waals surface area contributed by atoms with Gasteiger partial charge in [0.05, 0.1) is 10.0 Å². The van der Waals surface area contributed by atoms with E-state index in [4.69, 9.17) is 0 Å². The predicted molar refractivity (Wildman–Crippen MR) is 104 cm³/mol. The van der Waals surface area contributed by atoms with Gasteiger partial charge in [-0.3, -0.25) is 0 Å². The number of halogens is 1. The van der Waals surface area contributed by atoms with Crippen molar-refractivity contribution in [2.75, 3.05) is 0 Å². The Kier molecular flexibility index (Phi) is 3.10. The second-order valence-corrected chi connectivity index (χ2v) is 7.91. The molecule has 0 saturated carbocycles. The van der Waals surface area contributed by atoms with Crippen LogP contribution in [-0.2, 0) is 0 Å². The van der Waals surface area contributed by atoms with Crippen LogP contribution in [0, 0.1) is 0 Å². The number of hydrogen-bond donors (Lipinski definition) is 3. The van der Waals surface area contributed by atoms with Crippen molar-refractivity contribution in [3.63, 3.8) is 0 Å². The summed E-state index contributed by atoms with van der Waals surface area (Å²) < 4.78 is -0.263. The molecule has 24 heavy (non-hydrogen) atoms. The number of aliphatic hydroxyl groups is 3. The van der Waals surface area contributed by atoms with Gasteiger partial charge in [-0.2, -0.15) is 0 Å². The Morgan fingerprint density at radius 2 is 1.42 bits per heavy atom. The molecule has 0 aliphatic heterocycles.